The monoisotopic (exact) mass is 672 g/mol. The number of anilines is 2. The van der Waals surface area contributed by atoms with E-state index in [1.165, 1.54) is 9.80 Å². The molecule has 6 unspecified atom stereocenters. The van der Waals surface area contributed by atoms with Crippen molar-refractivity contribution in [1.82, 2.24) is 0 Å². The molecule has 4 aliphatic rings. The number of rotatable bonds is 6. The number of halogens is 1. The highest BCUT2D eigenvalue weighted by Crippen LogP contribution is 2.64. The van der Waals surface area contributed by atoms with Gasteiger partial charge in [0.05, 0.1) is 41.2 Å². The van der Waals surface area contributed by atoms with Gasteiger partial charge in [-0.25, -0.2) is 4.90 Å². The number of fused-ring (bicyclic) bond motifs is 4. The van der Waals surface area contributed by atoms with Crippen LogP contribution in [0.1, 0.15) is 36.8 Å². The Kier molecular flexibility index (Phi) is 7.45. The second-order valence-electron chi connectivity index (χ2n) is 13.1. The molecule has 0 bridgehead atoms. The molecule has 4 amide bonds. The van der Waals surface area contributed by atoms with Crippen LogP contribution in [0.5, 0.6) is 11.5 Å². The van der Waals surface area contributed by atoms with Crippen molar-refractivity contribution in [3.05, 3.63) is 131 Å². The highest BCUT2D eigenvalue weighted by molar-refractivity contribution is 6.32. The molecule has 2 aliphatic heterocycles. The second kappa shape index (κ2) is 11.7. The molecule has 2 aliphatic carbocycles. The van der Waals surface area contributed by atoms with Crippen molar-refractivity contribution >= 4 is 46.6 Å². The van der Waals surface area contributed by atoms with Crippen LogP contribution in [0.4, 0.5) is 11.4 Å². The number of hydrogen-bond donors (Lipinski definition) is 1. The molecule has 8 nitrogen and oxygen atoms in total. The van der Waals surface area contributed by atoms with Crippen molar-refractivity contribution < 1.29 is 29.0 Å². The van der Waals surface area contributed by atoms with Gasteiger partial charge in [-0.3, -0.25) is 24.1 Å². The first-order chi connectivity index (χ1) is 23.8. The highest BCUT2D eigenvalue weighted by atomic mass is 35.5. The molecule has 4 aromatic carbocycles. The fourth-order valence-electron chi connectivity index (χ4n) is 8.93. The fraction of sp³-hybridized carbons (Fsp3) is 0.250. The van der Waals surface area contributed by atoms with Gasteiger partial charge >= 0.3 is 0 Å². The molecule has 8 rings (SSSR count). The van der Waals surface area contributed by atoms with E-state index in [1.807, 2.05) is 49.4 Å². The Hall–Kier alpha value is -5.21. The Morgan fingerprint density at radius 3 is 2.22 bits per heavy atom. The highest BCUT2D eigenvalue weighted by Gasteiger charge is 2.70. The zero-order valence-corrected chi connectivity index (χ0v) is 27.4. The molecule has 2 heterocycles. The van der Waals surface area contributed by atoms with Crippen molar-refractivity contribution in [3.8, 4) is 11.5 Å². The maximum atomic E-state index is 15.3. The third-order valence-corrected chi connectivity index (χ3v) is 11.0. The number of ether oxygens (including phenoxy) is 1. The van der Waals surface area contributed by atoms with Gasteiger partial charge < -0.3 is 9.84 Å². The van der Waals surface area contributed by atoms with Gasteiger partial charge in [0.25, 0.3) is 0 Å². The number of nitrogens with zero attached hydrogens (tertiary/aromatic N) is 2. The average molecular weight is 673 g/mol. The third kappa shape index (κ3) is 4.50. The van der Waals surface area contributed by atoms with E-state index in [4.69, 9.17) is 16.3 Å². The fourth-order valence-corrected chi connectivity index (χ4v) is 9.12. The van der Waals surface area contributed by atoms with Gasteiger partial charge in [0.2, 0.25) is 23.6 Å². The molecular weight excluding hydrogens is 640 g/mol. The Bertz CT molecular complexity index is 2050. The number of carbonyl (C=O) groups excluding carboxylic acids is 4. The molecule has 2 saturated heterocycles. The lowest BCUT2D eigenvalue weighted by Gasteiger charge is -2.50. The number of para-hydroxylation sites is 1. The van der Waals surface area contributed by atoms with Crippen LogP contribution in [0.3, 0.4) is 0 Å². The number of allylic oxidation sites excluding steroid dienone is 2. The van der Waals surface area contributed by atoms with Crippen molar-refractivity contribution in [1.29, 1.82) is 0 Å². The van der Waals surface area contributed by atoms with Gasteiger partial charge in [-0.1, -0.05) is 83.9 Å². The van der Waals surface area contributed by atoms with E-state index in [0.29, 0.717) is 40.6 Å². The van der Waals surface area contributed by atoms with E-state index in [2.05, 4.69) is 0 Å². The molecular formula is C40H33ClN2O6. The largest absolute Gasteiger partial charge is 0.504 e. The number of phenols is 1. The number of amides is 4. The molecule has 6 atom stereocenters. The molecule has 1 N–H and O–H groups in total. The molecule has 49 heavy (non-hydrogen) atoms. The minimum atomic E-state index is -1.42. The topological polar surface area (TPSA) is 104 Å². The van der Waals surface area contributed by atoms with Crippen LogP contribution in [0.15, 0.2) is 115 Å². The van der Waals surface area contributed by atoms with E-state index in [9.17, 15) is 19.5 Å². The quantitative estimate of drug-likeness (QED) is 0.178. The lowest BCUT2D eigenvalue weighted by Crippen LogP contribution is -2.53. The number of phenolic OH excluding ortho intramolecular Hbond substituents is 1. The summed E-state index contributed by atoms with van der Waals surface area (Å²) in [5.41, 5.74) is 1.62. The smallest absolute Gasteiger partial charge is 0.246 e. The minimum Gasteiger partial charge on any atom is -0.504 e. The molecule has 246 valence electrons. The zero-order chi connectivity index (χ0) is 34.0. The van der Waals surface area contributed by atoms with Crippen molar-refractivity contribution in [2.45, 2.75) is 31.1 Å². The zero-order valence-electron chi connectivity index (χ0n) is 26.7. The number of imide groups is 2. The van der Waals surface area contributed by atoms with Crippen LogP contribution in [0, 0.1) is 23.7 Å². The van der Waals surface area contributed by atoms with Gasteiger partial charge in [-0.15, -0.1) is 0 Å². The van der Waals surface area contributed by atoms with Crippen molar-refractivity contribution in [2.24, 2.45) is 23.7 Å². The first-order valence-corrected chi connectivity index (χ1v) is 16.9. The molecule has 1 saturated carbocycles. The normalized spacial score (nSPS) is 27.5. The lowest BCUT2D eigenvalue weighted by molar-refractivity contribution is -0.127. The lowest BCUT2D eigenvalue weighted by atomic mass is 9.49. The minimum absolute atomic E-state index is 0.0505. The van der Waals surface area contributed by atoms with Gasteiger partial charge in [-0.05, 0) is 79.3 Å². The number of hydrogen-bond acceptors (Lipinski definition) is 6. The molecule has 4 aromatic rings. The van der Waals surface area contributed by atoms with Gasteiger partial charge in [-0.2, -0.15) is 0 Å². The Morgan fingerprint density at radius 2 is 1.51 bits per heavy atom. The Labute approximate surface area is 288 Å². The van der Waals surface area contributed by atoms with Gasteiger partial charge in [0.1, 0.15) is 0 Å². The van der Waals surface area contributed by atoms with Crippen LogP contribution in [0.25, 0.3) is 0 Å². The average Bonchev–Trinajstić information content (AvgIpc) is 3.50. The summed E-state index contributed by atoms with van der Waals surface area (Å²) in [7, 11) is 0. The maximum absolute atomic E-state index is 15.3. The molecule has 9 heteroatoms. The Morgan fingerprint density at radius 1 is 0.796 bits per heavy atom. The molecule has 0 radical (unpaired) electrons. The number of carbonyl (C=O) groups is 4. The number of benzene rings is 4. The van der Waals surface area contributed by atoms with Crippen LogP contribution in [-0.4, -0.2) is 35.3 Å². The van der Waals surface area contributed by atoms with E-state index in [0.717, 1.165) is 5.57 Å². The Balaban J connectivity index is 1.37. The van der Waals surface area contributed by atoms with E-state index in [1.54, 1.807) is 66.7 Å². The second-order valence-corrected chi connectivity index (χ2v) is 13.5. The maximum Gasteiger partial charge on any atom is 0.246 e. The summed E-state index contributed by atoms with van der Waals surface area (Å²) < 4.78 is 5.82. The molecule has 0 spiro atoms. The molecule has 3 fully saturated rings. The first-order valence-electron chi connectivity index (χ1n) is 16.5. The van der Waals surface area contributed by atoms with Crippen molar-refractivity contribution in [3.63, 3.8) is 0 Å². The molecule has 0 aromatic heterocycles. The predicted molar refractivity (Wildman–Crippen MR) is 184 cm³/mol. The summed E-state index contributed by atoms with van der Waals surface area (Å²) in [6, 6.07) is 30.0. The summed E-state index contributed by atoms with van der Waals surface area (Å²) in [5, 5.41) is 11.1. The van der Waals surface area contributed by atoms with Gasteiger partial charge in [0, 0.05) is 10.9 Å². The summed E-state index contributed by atoms with van der Waals surface area (Å²) in [6.07, 6.45) is 2.52. The predicted octanol–water partition coefficient (Wildman–Crippen LogP) is 6.81. The summed E-state index contributed by atoms with van der Waals surface area (Å²) >= 11 is 6.39. The van der Waals surface area contributed by atoms with Crippen LogP contribution in [0.2, 0.25) is 5.02 Å². The van der Waals surface area contributed by atoms with Crippen LogP contribution < -0.4 is 14.5 Å². The van der Waals surface area contributed by atoms with E-state index >= 15 is 4.79 Å². The number of aromatic hydroxyl groups is 1. The third-order valence-electron chi connectivity index (χ3n) is 10.8. The summed E-state index contributed by atoms with van der Waals surface area (Å²) in [5.74, 6) is -4.56. The standard InChI is InChI=1S/C40H33ClN2O6/c1-2-49-33-20-23(16-19-32(33)44)35-28-17-18-29-34(38(47)42(36(29)45)26-13-7-4-8-14-26)30(28)22-31-37(46)43(27-15-9-12-25(41)21-27)39(48)40(31,35)24-10-5-3-6-11-24/h3-17,19-21,29-31,34-35,44H,2,18,22H2,1H3. The summed E-state index contributed by atoms with van der Waals surface area (Å²) in [4.78, 5) is 61.0. The van der Waals surface area contributed by atoms with Crippen LogP contribution >= 0.6 is 11.6 Å². The SMILES string of the molecule is CCOc1cc(C2C3=CCC4C(=O)N(c5ccccc5)C(=O)C4C3CC3C(=O)N(c4cccc(Cl)c4)C(=O)C32c2ccccc2)ccc1O. The summed E-state index contributed by atoms with van der Waals surface area (Å²) in [6.45, 7) is 2.12. The first kappa shape index (κ1) is 31.1. The van der Waals surface area contributed by atoms with E-state index < -0.39 is 40.9 Å². The van der Waals surface area contributed by atoms with Crippen molar-refractivity contribution in [2.75, 3.05) is 16.4 Å². The van der Waals surface area contributed by atoms with Gasteiger partial charge in [0.15, 0.2) is 11.5 Å². The van der Waals surface area contributed by atoms with Crippen LogP contribution in [-0.2, 0) is 24.6 Å². The van der Waals surface area contributed by atoms with E-state index in [-0.39, 0.29) is 35.6 Å².